The molecule has 0 aliphatic carbocycles. The molecule has 152 valence electrons. The van der Waals surface area contributed by atoms with Crippen molar-refractivity contribution >= 4 is 28.5 Å². The van der Waals surface area contributed by atoms with Crippen LogP contribution in [-0.2, 0) is 27.2 Å². The lowest BCUT2D eigenvalue weighted by atomic mass is 10.1. The molecule has 3 rings (SSSR count). The molecule has 1 heterocycles. The summed E-state index contributed by atoms with van der Waals surface area (Å²) in [4.78, 5) is 26.6. The number of fused-ring (bicyclic) bond motifs is 1. The van der Waals surface area contributed by atoms with Crippen LogP contribution in [-0.4, -0.2) is 37.1 Å². The van der Waals surface area contributed by atoms with Crippen molar-refractivity contribution in [1.82, 2.24) is 10.3 Å². The van der Waals surface area contributed by atoms with Crippen LogP contribution in [0.25, 0.3) is 10.9 Å². The fourth-order valence-corrected chi connectivity index (χ4v) is 3.22. The SMILES string of the molecule is COC(=O)CCc1ccc(NC(=O)CCNCCc2c[nH]c3ccccc23)cc1. The molecule has 0 fully saturated rings. The maximum absolute atomic E-state index is 12.1. The van der Waals surface area contributed by atoms with Gasteiger partial charge in [-0.3, -0.25) is 9.59 Å². The first-order chi connectivity index (χ1) is 14.2. The number of para-hydroxylation sites is 1. The van der Waals surface area contributed by atoms with E-state index in [2.05, 4.69) is 32.5 Å². The van der Waals surface area contributed by atoms with Crippen molar-refractivity contribution in [3.8, 4) is 0 Å². The minimum atomic E-state index is -0.223. The maximum atomic E-state index is 12.1. The van der Waals surface area contributed by atoms with E-state index in [1.54, 1.807) is 0 Å². The molecule has 3 N–H and O–H groups in total. The van der Waals surface area contributed by atoms with Crippen LogP contribution in [0.15, 0.2) is 54.7 Å². The molecule has 0 aliphatic heterocycles. The highest BCUT2D eigenvalue weighted by atomic mass is 16.5. The van der Waals surface area contributed by atoms with Gasteiger partial charge in [0.1, 0.15) is 0 Å². The lowest BCUT2D eigenvalue weighted by molar-refractivity contribution is -0.140. The summed E-state index contributed by atoms with van der Waals surface area (Å²) in [6.45, 7) is 1.45. The molecule has 0 aliphatic rings. The minimum absolute atomic E-state index is 0.0214. The third kappa shape index (κ3) is 6.19. The summed E-state index contributed by atoms with van der Waals surface area (Å²) in [6.07, 6.45) is 4.36. The van der Waals surface area contributed by atoms with Crippen molar-refractivity contribution in [2.24, 2.45) is 0 Å². The van der Waals surface area contributed by atoms with Gasteiger partial charge in [0.2, 0.25) is 5.91 Å². The third-order valence-corrected chi connectivity index (χ3v) is 4.86. The fraction of sp³-hybridized carbons (Fsp3) is 0.304. The number of aryl methyl sites for hydroxylation is 1. The number of benzene rings is 2. The molecule has 6 heteroatoms. The Labute approximate surface area is 170 Å². The molecule has 6 nitrogen and oxygen atoms in total. The first kappa shape index (κ1) is 20.6. The van der Waals surface area contributed by atoms with Crippen LogP contribution in [0.5, 0.6) is 0 Å². The molecule has 0 spiro atoms. The van der Waals surface area contributed by atoms with Gasteiger partial charge in [-0.1, -0.05) is 30.3 Å². The number of carbonyl (C=O) groups excluding carboxylic acids is 2. The van der Waals surface area contributed by atoms with E-state index >= 15 is 0 Å². The van der Waals surface area contributed by atoms with E-state index in [1.807, 2.05) is 42.6 Å². The molecule has 29 heavy (non-hydrogen) atoms. The van der Waals surface area contributed by atoms with Crippen molar-refractivity contribution < 1.29 is 14.3 Å². The summed E-state index contributed by atoms with van der Waals surface area (Å²) in [6, 6.07) is 15.8. The van der Waals surface area contributed by atoms with Gasteiger partial charge in [0.15, 0.2) is 0 Å². The number of methoxy groups -OCH3 is 1. The second-order valence-corrected chi connectivity index (χ2v) is 6.93. The molecule has 1 aromatic heterocycles. The number of rotatable bonds is 10. The van der Waals surface area contributed by atoms with Gasteiger partial charge >= 0.3 is 5.97 Å². The molecular formula is C23H27N3O3. The molecule has 0 radical (unpaired) electrons. The summed E-state index contributed by atoms with van der Waals surface area (Å²) in [7, 11) is 1.39. The molecule has 1 amide bonds. The number of hydrogen-bond donors (Lipinski definition) is 3. The number of aromatic amines is 1. The molecule has 0 atom stereocenters. The average molecular weight is 393 g/mol. The second kappa shape index (κ2) is 10.4. The predicted octanol–water partition coefficient (Wildman–Crippen LogP) is 3.43. The zero-order valence-electron chi connectivity index (χ0n) is 16.7. The second-order valence-electron chi connectivity index (χ2n) is 6.93. The molecule has 2 aromatic carbocycles. The van der Waals surface area contributed by atoms with Crippen molar-refractivity contribution in [2.75, 3.05) is 25.5 Å². The molecular weight excluding hydrogens is 366 g/mol. The number of H-pyrrole nitrogens is 1. The predicted molar refractivity (Wildman–Crippen MR) is 115 cm³/mol. The Bertz CT molecular complexity index is 947. The van der Waals surface area contributed by atoms with Crippen LogP contribution >= 0.6 is 0 Å². The number of carbonyl (C=O) groups is 2. The molecule has 0 saturated heterocycles. The van der Waals surface area contributed by atoms with Crippen LogP contribution in [0.4, 0.5) is 5.69 Å². The standard InChI is InChI=1S/C23H27N3O3/c1-29-23(28)11-8-17-6-9-19(10-7-17)26-22(27)13-15-24-14-12-18-16-25-21-5-3-2-4-20(18)21/h2-7,9-10,16,24-25H,8,11-15H2,1H3,(H,26,27). The first-order valence-electron chi connectivity index (χ1n) is 9.87. The maximum Gasteiger partial charge on any atom is 0.305 e. The largest absolute Gasteiger partial charge is 0.469 e. The summed E-state index contributed by atoms with van der Waals surface area (Å²) in [5.41, 5.74) is 4.23. The highest BCUT2D eigenvalue weighted by Crippen LogP contribution is 2.17. The quantitative estimate of drug-likeness (QED) is 0.364. The Morgan fingerprint density at radius 2 is 1.76 bits per heavy atom. The number of ether oxygens (including phenoxy) is 1. The van der Waals surface area contributed by atoms with Crippen LogP contribution in [0, 0.1) is 0 Å². The van der Waals surface area contributed by atoms with E-state index in [-0.39, 0.29) is 11.9 Å². The van der Waals surface area contributed by atoms with Crippen molar-refractivity contribution in [3.63, 3.8) is 0 Å². The van der Waals surface area contributed by atoms with Gasteiger partial charge in [0.25, 0.3) is 0 Å². The van der Waals surface area contributed by atoms with Crippen LogP contribution in [0.2, 0.25) is 0 Å². The Balaban J connectivity index is 1.34. The lowest BCUT2D eigenvalue weighted by Crippen LogP contribution is -2.23. The van der Waals surface area contributed by atoms with Crippen molar-refractivity contribution in [2.45, 2.75) is 25.7 Å². The minimum Gasteiger partial charge on any atom is -0.469 e. The van der Waals surface area contributed by atoms with Gasteiger partial charge in [-0.15, -0.1) is 0 Å². The Morgan fingerprint density at radius 1 is 0.966 bits per heavy atom. The van der Waals surface area contributed by atoms with E-state index in [0.717, 1.165) is 29.7 Å². The van der Waals surface area contributed by atoms with Crippen LogP contribution in [0.1, 0.15) is 24.0 Å². The van der Waals surface area contributed by atoms with Gasteiger partial charge in [0.05, 0.1) is 7.11 Å². The van der Waals surface area contributed by atoms with E-state index in [4.69, 9.17) is 0 Å². The number of amides is 1. The monoisotopic (exact) mass is 393 g/mol. The number of aromatic nitrogens is 1. The summed E-state index contributed by atoms with van der Waals surface area (Å²) in [5, 5.41) is 7.48. The highest BCUT2D eigenvalue weighted by molar-refractivity contribution is 5.90. The third-order valence-electron chi connectivity index (χ3n) is 4.86. The van der Waals surface area contributed by atoms with Gasteiger partial charge < -0.3 is 20.4 Å². The molecule has 0 unspecified atom stereocenters. The average Bonchev–Trinajstić information content (AvgIpc) is 3.16. The fourth-order valence-electron chi connectivity index (χ4n) is 3.22. The van der Waals surface area contributed by atoms with Gasteiger partial charge in [0, 0.05) is 42.2 Å². The van der Waals surface area contributed by atoms with Crippen molar-refractivity contribution in [3.05, 3.63) is 65.9 Å². The Morgan fingerprint density at radius 3 is 2.55 bits per heavy atom. The molecule has 3 aromatic rings. The van der Waals surface area contributed by atoms with E-state index in [0.29, 0.717) is 25.8 Å². The topological polar surface area (TPSA) is 83.2 Å². The van der Waals surface area contributed by atoms with E-state index in [1.165, 1.54) is 18.1 Å². The van der Waals surface area contributed by atoms with Gasteiger partial charge in [-0.25, -0.2) is 0 Å². The Hall–Kier alpha value is -3.12. The van der Waals surface area contributed by atoms with Crippen LogP contribution < -0.4 is 10.6 Å². The van der Waals surface area contributed by atoms with Gasteiger partial charge in [-0.05, 0) is 48.7 Å². The normalized spacial score (nSPS) is 10.8. The number of nitrogens with one attached hydrogen (secondary N) is 3. The summed E-state index contributed by atoms with van der Waals surface area (Å²) in [5.74, 6) is -0.244. The number of esters is 1. The zero-order chi connectivity index (χ0) is 20.5. The Kier molecular flexibility index (Phi) is 7.41. The number of hydrogen-bond acceptors (Lipinski definition) is 4. The van der Waals surface area contributed by atoms with Crippen molar-refractivity contribution in [1.29, 1.82) is 0 Å². The molecule has 0 saturated carbocycles. The zero-order valence-corrected chi connectivity index (χ0v) is 16.7. The van der Waals surface area contributed by atoms with E-state index in [9.17, 15) is 9.59 Å². The summed E-state index contributed by atoms with van der Waals surface area (Å²) < 4.78 is 4.64. The van der Waals surface area contributed by atoms with Crippen LogP contribution in [0.3, 0.4) is 0 Å². The first-order valence-corrected chi connectivity index (χ1v) is 9.87. The lowest BCUT2D eigenvalue weighted by Gasteiger charge is -2.08. The highest BCUT2D eigenvalue weighted by Gasteiger charge is 2.05. The smallest absolute Gasteiger partial charge is 0.305 e. The van der Waals surface area contributed by atoms with Gasteiger partial charge in [-0.2, -0.15) is 0 Å². The van der Waals surface area contributed by atoms with E-state index < -0.39 is 0 Å². The molecule has 0 bridgehead atoms. The summed E-state index contributed by atoms with van der Waals surface area (Å²) >= 11 is 0. The number of anilines is 1.